The lowest BCUT2D eigenvalue weighted by Crippen LogP contribution is -2.16. The molecule has 0 radical (unpaired) electrons. The van der Waals surface area contributed by atoms with Gasteiger partial charge in [0.05, 0.1) is 11.3 Å². The van der Waals surface area contributed by atoms with Gasteiger partial charge in [-0.05, 0) is 30.7 Å². The molecule has 0 N–H and O–H groups in total. The molecular formula is C17H18N4O3S. The van der Waals surface area contributed by atoms with Gasteiger partial charge in [-0.1, -0.05) is 18.3 Å². The number of esters is 1. The predicted octanol–water partition coefficient (Wildman–Crippen LogP) is 2.14. The number of aromatic nitrogens is 3. The van der Waals surface area contributed by atoms with Crippen LogP contribution < -0.4 is 10.5 Å². The van der Waals surface area contributed by atoms with Gasteiger partial charge in [-0.15, -0.1) is 0 Å². The summed E-state index contributed by atoms with van der Waals surface area (Å²) in [5.74, 6) is -0.453. The van der Waals surface area contributed by atoms with E-state index in [4.69, 9.17) is 4.74 Å². The van der Waals surface area contributed by atoms with Crippen LogP contribution in [0.5, 0.6) is 0 Å². The van der Waals surface area contributed by atoms with Crippen molar-refractivity contribution in [3.05, 3.63) is 57.0 Å². The monoisotopic (exact) mass is 358 g/mol. The molecule has 3 aromatic rings. The third-order valence-electron chi connectivity index (χ3n) is 3.61. The van der Waals surface area contributed by atoms with E-state index in [0.29, 0.717) is 16.2 Å². The van der Waals surface area contributed by atoms with E-state index < -0.39 is 5.97 Å². The highest BCUT2D eigenvalue weighted by Gasteiger charge is 2.11. The van der Waals surface area contributed by atoms with Gasteiger partial charge in [0.15, 0.2) is 0 Å². The van der Waals surface area contributed by atoms with E-state index in [0.717, 1.165) is 17.1 Å². The lowest BCUT2D eigenvalue weighted by molar-refractivity contribution is 0.0468. The number of ether oxygens (including phenoxy) is 1. The molecular weight excluding hydrogens is 340 g/mol. The largest absolute Gasteiger partial charge is 0.456 e. The average molecular weight is 358 g/mol. The van der Waals surface area contributed by atoms with Gasteiger partial charge >= 0.3 is 5.97 Å². The van der Waals surface area contributed by atoms with E-state index in [1.54, 1.807) is 12.1 Å². The van der Waals surface area contributed by atoms with Crippen LogP contribution >= 0.6 is 11.3 Å². The minimum Gasteiger partial charge on any atom is -0.456 e. The van der Waals surface area contributed by atoms with Crippen LogP contribution in [0.3, 0.4) is 0 Å². The topological polar surface area (TPSA) is 76.8 Å². The van der Waals surface area contributed by atoms with Crippen molar-refractivity contribution in [1.82, 2.24) is 14.6 Å². The summed E-state index contributed by atoms with van der Waals surface area (Å²) in [4.78, 5) is 31.0. The first-order valence-corrected chi connectivity index (χ1v) is 8.62. The highest BCUT2D eigenvalue weighted by atomic mass is 32.1. The van der Waals surface area contributed by atoms with E-state index in [-0.39, 0.29) is 12.2 Å². The Hall–Kier alpha value is -2.74. The third kappa shape index (κ3) is 3.69. The molecule has 0 amide bonds. The van der Waals surface area contributed by atoms with Crippen LogP contribution in [0, 0.1) is 0 Å². The molecule has 2 aromatic heterocycles. The quantitative estimate of drug-likeness (QED) is 0.651. The van der Waals surface area contributed by atoms with Crippen molar-refractivity contribution >= 4 is 28.0 Å². The number of benzene rings is 1. The molecule has 0 aliphatic carbocycles. The predicted molar refractivity (Wildman–Crippen MR) is 96.4 cm³/mol. The summed E-state index contributed by atoms with van der Waals surface area (Å²) < 4.78 is 6.55. The van der Waals surface area contributed by atoms with Gasteiger partial charge < -0.3 is 9.64 Å². The minimum absolute atomic E-state index is 0.0562. The number of anilines is 1. The van der Waals surface area contributed by atoms with Crippen molar-refractivity contribution in [2.45, 2.75) is 20.0 Å². The molecule has 130 valence electrons. The summed E-state index contributed by atoms with van der Waals surface area (Å²) in [6, 6.07) is 8.45. The zero-order valence-corrected chi connectivity index (χ0v) is 15.0. The van der Waals surface area contributed by atoms with Gasteiger partial charge in [0.2, 0.25) is 4.96 Å². The van der Waals surface area contributed by atoms with Gasteiger partial charge in [-0.2, -0.15) is 9.61 Å². The second kappa shape index (κ2) is 7.02. The molecule has 3 rings (SSSR count). The number of nitrogens with zero attached hydrogens (tertiary/aromatic N) is 4. The highest BCUT2D eigenvalue weighted by Crippen LogP contribution is 2.14. The Morgan fingerprint density at radius 3 is 2.64 bits per heavy atom. The fourth-order valence-electron chi connectivity index (χ4n) is 2.23. The van der Waals surface area contributed by atoms with Crippen molar-refractivity contribution < 1.29 is 9.53 Å². The maximum atomic E-state index is 12.1. The number of aryl methyl sites for hydroxylation is 1. The molecule has 1 aromatic carbocycles. The number of hydrogen-bond acceptors (Lipinski definition) is 7. The van der Waals surface area contributed by atoms with Crippen LogP contribution in [0.15, 0.2) is 35.1 Å². The summed E-state index contributed by atoms with van der Waals surface area (Å²) in [5, 5.41) is 5.02. The lowest BCUT2D eigenvalue weighted by atomic mass is 10.2. The molecule has 0 saturated heterocycles. The van der Waals surface area contributed by atoms with Gasteiger partial charge in [-0.3, -0.25) is 4.79 Å². The molecule has 0 saturated carbocycles. The van der Waals surface area contributed by atoms with E-state index in [1.807, 2.05) is 38.1 Å². The summed E-state index contributed by atoms with van der Waals surface area (Å²) in [7, 11) is 3.86. The van der Waals surface area contributed by atoms with Crippen molar-refractivity contribution in [3.63, 3.8) is 0 Å². The summed E-state index contributed by atoms with van der Waals surface area (Å²) in [5.41, 5.74) is 1.58. The number of fused-ring (bicyclic) bond motifs is 1. The minimum atomic E-state index is -0.453. The van der Waals surface area contributed by atoms with Gasteiger partial charge in [0.1, 0.15) is 11.6 Å². The van der Waals surface area contributed by atoms with Crippen LogP contribution in [0.25, 0.3) is 4.96 Å². The van der Waals surface area contributed by atoms with E-state index in [9.17, 15) is 9.59 Å². The summed E-state index contributed by atoms with van der Waals surface area (Å²) >= 11 is 1.36. The number of hydrogen-bond donors (Lipinski definition) is 0. The van der Waals surface area contributed by atoms with Crippen LogP contribution in [-0.2, 0) is 17.8 Å². The number of carbonyl (C=O) groups excluding carboxylic acids is 1. The molecule has 7 nitrogen and oxygen atoms in total. The molecule has 0 bridgehead atoms. The zero-order chi connectivity index (χ0) is 18.0. The zero-order valence-electron chi connectivity index (χ0n) is 14.2. The number of carbonyl (C=O) groups is 1. The number of rotatable bonds is 5. The maximum absolute atomic E-state index is 12.1. The van der Waals surface area contributed by atoms with Gasteiger partial charge in [0, 0.05) is 25.8 Å². The second-order valence-corrected chi connectivity index (χ2v) is 6.69. The van der Waals surface area contributed by atoms with E-state index in [1.165, 1.54) is 21.9 Å². The first kappa shape index (κ1) is 17.1. The highest BCUT2D eigenvalue weighted by molar-refractivity contribution is 7.16. The molecule has 0 aliphatic rings. The normalized spacial score (nSPS) is 10.8. The molecule has 0 aliphatic heterocycles. The smallest absolute Gasteiger partial charge is 0.338 e. The molecule has 0 atom stereocenters. The Morgan fingerprint density at radius 2 is 2.00 bits per heavy atom. The fraction of sp³-hybridized carbons (Fsp3) is 0.294. The molecule has 0 spiro atoms. The second-order valence-electron chi connectivity index (χ2n) is 5.65. The third-order valence-corrected chi connectivity index (χ3v) is 4.67. The van der Waals surface area contributed by atoms with Crippen molar-refractivity contribution in [3.8, 4) is 0 Å². The Labute approximate surface area is 148 Å². The SMILES string of the molecule is CCc1nn2c(=O)cc(COC(=O)c3ccc(N(C)C)cc3)nc2s1. The molecule has 2 heterocycles. The van der Waals surface area contributed by atoms with Crippen molar-refractivity contribution in [1.29, 1.82) is 0 Å². The Balaban J connectivity index is 1.73. The molecule has 25 heavy (non-hydrogen) atoms. The van der Waals surface area contributed by atoms with Crippen molar-refractivity contribution in [2.75, 3.05) is 19.0 Å². The first-order chi connectivity index (χ1) is 12.0. The van der Waals surface area contributed by atoms with Gasteiger partial charge in [-0.25, -0.2) is 9.78 Å². The van der Waals surface area contributed by atoms with E-state index in [2.05, 4.69) is 10.1 Å². The van der Waals surface area contributed by atoms with Crippen LogP contribution in [0.1, 0.15) is 28.0 Å². The van der Waals surface area contributed by atoms with Crippen LogP contribution in [-0.4, -0.2) is 34.7 Å². The molecule has 0 unspecified atom stereocenters. The fourth-order valence-corrected chi connectivity index (χ4v) is 3.09. The van der Waals surface area contributed by atoms with E-state index >= 15 is 0 Å². The Morgan fingerprint density at radius 1 is 1.28 bits per heavy atom. The van der Waals surface area contributed by atoms with Crippen molar-refractivity contribution in [2.24, 2.45) is 0 Å². The summed E-state index contributed by atoms with van der Waals surface area (Å²) in [6.45, 7) is 1.91. The van der Waals surface area contributed by atoms with Gasteiger partial charge in [0.25, 0.3) is 5.56 Å². The first-order valence-electron chi connectivity index (χ1n) is 7.81. The Kier molecular flexibility index (Phi) is 4.80. The average Bonchev–Trinajstić information content (AvgIpc) is 3.03. The summed E-state index contributed by atoms with van der Waals surface area (Å²) in [6.07, 6.45) is 0.737. The molecule has 8 heteroatoms. The lowest BCUT2D eigenvalue weighted by Gasteiger charge is -2.12. The molecule has 0 fully saturated rings. The standard InChI is InChI=1S/C17H18N4O3S/c1-4-14-19-21-15(22)9-12(18-17(21)25-14)10-24-16(23)11-5-7-13(8-6-11)20(2)3/h5-9H,4,10H2,1-3H3. The maximum Gasteiger partial charge on any atom is 0.338 e. The van der Waals surface area contributed by atoms with Crippen LogP contribution in [0.2, 0.25) is 0 Å². The van der Waals surface area contributed by atoms with Crippen LogP contribution in [0.4, 0.5) is 5.69 Å². The Bertz CT molecular complexity index is 960.